The summed E-state index contributed by atoms with van der Waals surface area (Å²) in [6.07, 6.45) is 1.01. The van der Waals surface area contributed by atoms with Crippen molar-refractivity contribution < 1.29 is 9.90 Å². The Hall–Kier alpha value is -2.96. The number of fused-ring (bicyclic) bond motifs is 3. The first-order valence-electron chi connectivity index (χ1n) is 6.94. The molecule has 22 heavy (non-hydrogen) atoms. The van der Waals surface area contributed by atoms with E-state index in [0.29, 0.717) is 24.4 Å². The van der Waals surface area contributed by atoms with Crippen LogP contribution in [0.3, 0.4) is 0 Å². The number of carbonyl (C=O) groups is 1. The van der Waals surface area contributed by atoms with E-state index in [1.807, 2.05) is 30.3 Å². The predicted octanol–water partition coefficient (Wildman–Crippen LogP) is 1.13. The van der Waals surface area contributed by atoms with Crippen LogP contribution in [0.4, 0.5) is 0 Å². The predicted molar refractivity (Wildman–Crippen MR) is 77.7 cm³/mol. The molecule has 0 bridgehead atoms. The molecule has 110 valence electrons. The van der Waals surface area contributed by atoms with E-state index < -0.39 is 12.0 Å². The molecular formula is C15H12N4O3. The summed E-state index contributed by atoms with van der Waals surface area (Å²) < 4.78 is 2.77. The van der Waals surface area contributed by atoms with E-state index in [4.69, 9.17) is 0 Å². The molecule has 1 atom stereocenters. The van der Waals surface area contributed by atoms with Crippen molar-refractivity contribution in [2.75, 3.05) is 0 Å². The van der Waals surface area contributed by atoms with Crippen molar-refractivity contribution in [3.63, 3.8) is 0 Å². The first-order valence-corrected chi connectivity index (χ1v) is 6.94. The topological polar surface area (TPSA) is 89.5 Å². The molecule has 1 aromatic carbocycles. The number of hydrogen-bond donors (Lipinski definition) is 1. The third kappa shape index (κ3) is 1.75. The zero-order chi connectivity index (χ0) is 15.3. The van der Waals surface area contributed by atoms with Crippen molar-refractivity contribution in [1.29, 1.82) is 0 Å². The maximum atomic E-state index is 12.2. The molecule has 0 radical (unpaired) electrons. The fraction of sp³-hybridized carbons (Fsp3) is 0.200. The van der Waals surface area contributed by atoms with Gasteiger partial charge < -0.3 is 5.11 Å². The van der Waals surface area contributed by atoms with Crippen LogP contribution in [0.5, 0.6) is 0 Å². The lowest BCUT2D eigenvalue weighted by atomic mass is 10.2. The summed E-state index contributed by atoms with van der Waals surface area (Å²) in [5.74, 6) is -0.227. The van der Waals surface area contributed by atoms with Crippen LogP contribution in [0.25, 0.3) is 17.2 Å². The Balaban J connectivity index is 2.01. The van der Waals surface area contributed by atoms with Gasteiger partial charge in [-0.3, -0.25) is 9.36 Å². The molecular weight excluding hydrogens is 284 g/mol. The first kappa shape index (κ1) is 12.8. The lowest BCUT2D eigenvalue weighted by molar-refractivity contribution is -0.140. The number of aliphatic carboxylic acids is 1. The molecule has 0 aliphatic carbocycles. The van der Waals surface area contributed by atoms with Crippen molar-refractivity contribution in [2.45, 2.75) is 18.9 Å². The first-order chi connectivity index (χ1) is 10.6. The molecule has 4 rings (SSSR count). The highest BCUT2D eigenvalue weighted by Crippen LogP contribution is 2.27. The van der Waals surface area contributed by atoms with Gasteiger partial charge in [-0.2, -0.15) is 9.50 Å². The van der Waals surface area contributed by atoms with Gasteiger partial charge in [-0.05, 0) is 12.8 Å². The summed E-state index contributed by atoms with van der Waals surface area (Å²) in [6, 6.07) is 10.0. The molecule has 7 nitrogen and oxygen atoms in total. The van der Waals surface area contributed by atoms with E-state index >= 15 is 0 Å². The highest BCUT2D eigenvalue weighted by molar-refractivity contribution is 5.73. The Kier molecular flexibility index (Phi) is 2.62. The smallest absolute Gasteiger partial charge is 0.326 e. The van der Waals surface area contributed by atoms with Gasteiger partial charge in [-0.1, -0.05) is 30.3 Å². The van der Waals surface area contributed by atoms with Crippen molar-refractivity contribution in [1.82, 2.24) is 19.2 Å². The molecule has 1 aliphatic rings. The van der Waals surface area contributed by atoms with E-state index in [-0.39, 0.29) is 11.3 Å². The SMILES string of the molecule is O=C(O)C1CCc2cc(=O)n3nc(-c4ccccc4)nc3n21. The van der Waals surface area contributed by atoms with Gasteiger partial charge >= 0.3 is 5.97 Å². The third-order valence-corrected chi connectivity index (χ3v) is 3.92. The second kappa shape index (κ2) is 4.52. The molecule has 3 aromatic rings. The molecule has 7 heteroatoms. The number of aromatic nitrogens is 4. The molecule has 1 N–H and O–H groups in total. The van der Waals surface area contributed by atoms with E-state index in [2.05, 4.69) is 10.1 Å². The maximum Gasteiger partial charge on any atom is 0.326 e. The van der Waals surface area contributed by atoms with Crippen LogP contribution in [0, 0.1) is 0 Å². The molecule has 0 saturated heterocycles. The zero-order valence-corrected chi connectivity index (χ0v) is 11.5. The Bertz CT molecular complexity index is 943. The fourth-order valence-electron chi connectivity index (χ4n) is 2.90. The molecule has 1 unspecified atom stereocenters. The van der Waals surface area contributed by atoms with Gasteiger partial charge in [0, 0.05) is 17.3 Å². The highest BCUT2D eigenvalue weighted by Gasteiger charge is 2.31. The van der Waals surface area contributed by atoms with E-state index in [1.54, 1.807) is 4.57 Å². The average Bonchev–Trinajstić information content (AvgIpc) is 3.11. The van der Waals surface area contributed by atoms with Crippen molar-refractivity contribution >= 4 is 11.7 Å². The number of rotatable bonds is 2. The van der Waals surface area contributed by atoms with Crippen LogP contribution < -0.4 is 5.56 Å². The Morgan fingerprint density at radius 3 is 2.77 bits per heavy atom. The molecule has 0 fully saturated rings. The number of carboxylic acid groups (broad SMARTS) is 1. The van der Waals surface area contributed by atoms with E-state index in [1.165, 1.54) is 10.6 Å². The number of aryl methyl sites for hydroxylation is 1. The molecule has 1 aliphatic heterocycles. The summed E-state index contributed by atoms with van der Waals surface area (Å²) >= 11 is 0. The standard InChI is InChI=1S/C15H12N4O3/c20-12-8-10-6-7-11(14(21)22)18(10)15-16-13(17-19(12)15)9-4-2-1-3-5-9/h1-5,8,11H,6-7H2,(H,21,22). The Morgan fingerprint density at radius 2 is 2.05 bits per heavy atom. The monoisotopic (exact) mass is 296 g/mol. The number of benzene rings is 1. The Labute approximate surface area is 124 Å². The van der Waals surface area contributed by atoms with Crippen molar-refractivity contribution in [2.24, 2.45) is 0 Å². The summed E-state index contributed by atoms with van der Waals surface area (Å²) in [5, 5.41) is 13.6. The lowest BCUT2D eigenvalue weighted by Crippen LogP contribution is -2.23. The molecule has 2 aromatic heterocycles. The van der Waals surface area contributed by atoms with Crippen LogP contribution in [0.15, 0.2) is 41.2 Å². The average molecular weight is 296 g/mol. The number of carboxylic acids is 1. The highest BCUT2D eigenvalue weighted by atomic mass is 16.4. The zero-order valence-electron chi connectivity index (χ0n) is 11.5. The number of hydrogen-bond acceptors (Lipinski definition) is 4. The fourth-order valence-corrected chi connectivity index (χ4v) is 2.90. The molecule has 0 amide bonds. The summed E-state index contributed by atoms with van der Waals surface area (Å²) in [5.41, 5.74) is 1.18. The second-order valence-corrected chi connectivity index (χ2v) is 5.25. The third-order valence-electron chi connectivity index (χ3n) is 3.92. The van der Waals surface area contributed by atoms with Gasteiger partial charge in [0.05, 0.1) is 0 Å². The van der Waals surface area contributed by atoms with Crippen LogP contribution in [-0.2, 0) is 11.2 Å². The van der Waals surface area contributed by atoms with Gasteiger partial charge in [-0.25, -0.2) is 4.79 Å². The minimum Gasteiger partial charge on any atom is -0.480 e. The summed E-state index contributed by atoms with van der Waals surface area (Å²) in [4.78, 5) is 28.0. The van der Waals surface area contributed by atoms with Crippen molar-refractivity contribution in [3.05, 3.63) is 52.4 Å². The minimum atomic E-state index is -0.923. The van der Waals surface area contributed by atoms with Gasteiger partial charge in [0.15, 0.2) is 5.82 Å². The largest absolute Gasteiger partial charge is 0.480 e. The van der Waals surface area contributed by atoms with Gasteiger partial charge in [0.1, 0.15) is 6.04 Å². The van der Waals surface area contributed by atoms with Gasteiger partial charge in [0.25, 0.3) is 5.56 Å². The quantitative estimate of drug-likeness (QED) is 0.765. The van der Waals surface area contributed by atoms with E-state index in [9.17, 15) is 14.7 Å². The lowest BCUT2D eigenvalue weighted by Gasteiger charge is -2.10. The molecule has 0 spiro atoms. The Morgan fingerprint density at radius 1 is 1.27 bits per heavy atom. The maximum absolute atomic E-state index is 12.2. The second-order valence-electron chi connectivity index (χ2n) is 5.25. The van der Waals surface area contributed by atoms with Gasteiger partial charge in [-0.15, -0.1) is 5.10 Å². The summed E-state index contributed by atoms with van der Waals surface area (Å²) in [6.45, 7) is 0. The van der Waals surface area contributed by atoms with Crippen LogP contribution in [0.2, 0.25) is 0 Å². The van der Waals surface area contributed by atoms with Gasteiger partial charge in [0.2, 0.25) is 5.78 Å². The van der Waals surface area contributed by atoms with E-state index in [0.717, 1.165) is 5.56 Å². The number of nitrogens with zero attached hydrogens (tertiary/aromatic N) is 4. The minimum absolute atomic E-state index is 0.284. The normalized spacial score (nSPS) is 16.8. The van der Waals surface area contributed by atoms with Crippen molar-refractivity contribution in [3.8, 4) is 11.4 Å². The molecule has 3 heterocycles. The summed E-state index contributed by atoms with van der Waals surface area (Å²) in [7, 11) is 0. The van der Waals surface area contributed by atoms with Crippen LogP contribution >= 0.6 is 0 Å². The van der Waals surface area contributed by atoms with Crippen LogP contribution in [-0.4, -0.2) is 30.2 Å². The molecule has 0 saturated carbocycles. The van der Waals surface area contributed by atoms with Crippen LogP contribution in [0.1, 0.15) is 18.2 Å².